The van der Waals surface area contributed by atoms with Gasteiger partial charge in [0.2, 0.25) is 0 Å². The monoisotopic (exact) mass is 174 g/mol. The van der Waals surface area contributed by atoms with Gasteiger partial charge in [0.25, 0.3) is 0 Å². The molecular weight excluding hydrogens is 160 g/mol. The van der Waals surface area contributed by atoms with Crippen molar-refractivity contribution in [2.75, 3.05) is 13.2 Å². The minimum Gasteiger partial charge on any atom is -0.478 e. The topological polar surface area (TPSA) is 70.1 Å². The van der Waals surface area contributed by atoms with E-state index in [1.807, 2.05) is 0 Å². The lowest BCUT2D eigenvalue weighted by atomic mass is 10.3. The molecule has 0 aromatic heterocycles. The smallest absolute Gasteiger partial charge is 0.330 e. The molecule has 1 unspecified atom stereocenters. The number of aliphatic carboxylic acids is 1. The Balaban J connectivity index is 0.000000211. The Morgan fingerprint density at radius 3 is 2.25 bits per heavy atom. The van der Waals surface area contributed by atoms with Crippen LogP contribution >= 0.6 is 0 Å². The Labute approximate surface area is 71.5 Å². The standard InChI is InChI=1S/C5H8O2.C3H6O2/c1-3-4(2)5(6)7;4-1-3-2-5-3/h3H,1-2H3,(H,6,7);3-4H,1-2H2. The zero-order valence-electron chi connectivity index (χ0n) is 7.28. The molecule has 0 aliphatic carbocycles. The van der Waals surface area contributed by atoms with E-state index in [1.54, 1.807) is 19.9 Å². The van der Waals surface area contributed by atoms with Crippen molar-refractivity contribution < 1.29 is 19.7 Å². The van der Waals surface area contributed by atoms with E-state index in [2.05, 4.69) is 4.74 Å². The Morgan fingerprint density at radius 1 is 1.75 bits per heavy atom. The molecule has 1 aliphatic rings. The van der Waals surface area contributed by atoms with Crippen molar-refractivity contribution in [3.63, 3.8) is 0 Å². The maximum absolute atomic E-state index is 9.86. The Hall–Kier alpha value is -0.870. The van der Waals surface area contributed by atoms with Crippen molar-refractivity contribution in [3.05, 3.63) is 11.6 Å². The van der Waals surface area contributed by atoms with Crippen LogP contribution in [0.5, 0.6) is 0 Å². The van der Waals surface area contributed by atoms with Crippen molar-refractivity contribution >= 4 is 5.97 Å². The molecule has 0 saturated carbocycles. The van der Waals surface area contributed by atoms with Gasteiger partial charge in [-0.25, -0.2) is 4.79 Å². The molecule has 1 rings (SSSR count). The predicted molar refractivity (Wildman–Crippen MR) is 43.9 cm³/mol. The lowest BCUT2D eigenvalue weighted by molar-refractivity contribution is -0.132. The van der Waals surface area contributed by atoms with Gasteiger partial charge in [0, 0.05) is 5.57 Å². The number of carboxylic acids is 1. The van der Waals surface area contributed by atoms with Gasteiger partial charge in [-0.1, -0.05) is 6.08 Å². The van der Waals surface area contributed by atoms with Crippen LogP contribution in [0.1, 0.15) is 13.8 Å². The van der Waals surface area contributed by atoms with Crippen LogP contribution in [0.15, 0.2) is 11.6 Å². The zero-order chi connectivity index (χ0) is 9.56. The van der Waals surface area contributed by atoms with Crippen LogP contribution in [0, 0.1) is 0 Å². The summed E-state index contributed by atoms with van der Waals surface area (Å²) in [7, 11) is 0. The average molecular weight is 174 g/mol. The first kappa shape index (κ1) is 11.1. The number of allylic oxidation sites excluding steroid dienone is 1. The van der Waals surface area contributed by atoms with Gasteiger partial charge in [-0.3, -0.25) is 0 Å². The third-order valence-corrected chi connectivity index (χ3v) is 1.38. The molecule has 4 heteroatoms. The fraction of sp³-hybridized carbons (Fsp3) is 0.625. The summed E-state index contributed by atoms with van der Waals surface area (Å²) >= 11 is 0. The Kier molecular flexibility index (Phi) is 5.32. The molecule has 1 aliphatic heterocycles. The summed E-state index contributed by atoms with van der Waals surface area (Å²) in [5.41, 5.74) is 0.389. The van der Waals surface area contributed by atoms with Crippen molar-refractivity contribution in [3.8, 4) is 0 Å². The second-order valence-corrected chi connectivity index (χ2v) is 2.41. The van der Waals surface area contributed by atoms with Crippen molar-refractivity contribution in [1.82, 2.24) is 0 Å². The summed E-state index contributed by atoms with van der Waals surface area (Å²) in [6, 6.07) is 0. The van der Waals surface area contributed by atoms with Crippen LogP contribution in [0.3, 0.4) is 0 Å². The van der Waals surface area contributed by atoms with Crippen LogP contribution < -0.4 is 0 Å². The minimum absolute atomic E-state index is 0.190. The molecule has 1 atom stereocenters. The molecule has 0 aromatic carbocycles. The van der Waals surface area contributed by atoms with E-state index < -0.39 is 5.97 Å². The number of hydrogen-bond donors (Lipinski definition) is 2. The van der Waals surface area contributed by atoms with Gasteiger partial charge in [-0.05, 0) is 13.8 Å². The van der Waals surface area contributed by atoms with Crippen LogP contribution in [0.25, 0.3) is 0 Å². The first-order valence-electron chi connectivity index (χ1n) is 3.70. The van der Waals surface area contributed by atoms with Crippen molar-refractivity contribution in [2.24, 2.45) is 0 Å². The van der Waals surface area contributed by atoms with Gasteiger partial charge in [-0.15, -0.1) is 0 Å². The van der Waals surface area contributed by atoms with Gasteiger partial charge in [0.05, 0.1) is 13.2 Å². The van der Waals surface area contributed by atoms with Crippen molar-refractivity contribution in [1.29, 1.82) is 0 Å². The summed E-state index contributed by atoms with van der Waals surface area (Å²) in [4.78, 5) is 9.86. The maximum atomic E-state index is 9.86. The van der Waals surface area contributed by atoms with Crippen LogP contribution in [0.2, 0.25) is 0 Å². The minimum atomic E-state index is -0.845. The highest BCUT2D eigenvalue weighted by molar-refractivity contribution is 5.85. The second kappa shape index (κ2) is 5.74. The molecule has 2 N–H and O–H groups in total. The second-order valence-electron chi connectivity index (χ2n) is 2.41. The number of carbonyl (C=O) groups is 1. The maximum Gasteiger partial charge on any atom is 0.330 e. The first-order chi connectivity index (χ1) is 5.61. The quantitative estimate of drug-likeness (QED) is 0.470. The van der Waals surface area contributed by atoms with E-state index in [1.165, 1.54) is 0 Å². The molecule has 4 nitrogen and oxygen atoms in total. The fourth-order valence-electron chi connectivity index (χ4n) is 0.297. The number of aliphatic hydroxyl groups excluding tert-OH is 1. The van der Waals surface area contributed by atoms with Gasteiger partial charge >= 0.3 is 5.97 Å². The summed E-state index contributed by atoms with van der Waals surface area (Å²) in [5, 5.41) is 16.2. The van der Waals surface area contributed by atoms with Gasteiger partial charge in [-0.2, -0.15) is 0 Å². The molecule has 70 valence electrons. The number of hydrogen-bond acceptors (Lipinski definition) is 3. The normalized spacial score (nSPS) is 20.9. The van der Waals surface area contributed by atoms with Gasteiger partial charge in [0.15, 0.2) is 0 Å². The molecule has 1 fully saturated rings. The van der Waals surface area contributed by atoms with Crippen molar-refractivity contribution in [2.45, 2.75) is 20.0 Å². The largest absolute Gasteiger partial charge is 0.478 e. The predicted octanol–water partition coefficient (Wildman–Crippen LogP) is 0.415. The molecule has 0 bridgehead atoms. The fourth-order valence-corrected chi connectivity index (χ4v) is 0.297. The lowest BCUT2D eigenvalue weighted by Gasteiger charge is -1.84. The zero-order valence-corrected chi connectivity index (χ0v) is 7.28. The average Bonchev–Trinajstić information content (AvgIpc) is 2.86. The van der Waals surface area contributed by atoms with E-state index in [0.29, 0.717) is 5.57 Å². The molecule has 0 spiro atoms. The van der Waals surface area contributed by atoms with Gasteiger partial charge < -0.3 is 14.9 Å². The number of ether oxygens (including phenoxy) is 1. The summed E-state index contributed by atoms with van der Waals surface area (Å²) in [5.74, 6) is -0.845. The van der Waals surface area contributed by atoms with E-state index in [-0.39, 0.29) is 12.7 Å². The van der Waals surface area contributed by atoms with E-state index in [0.717, 1.165) is 6.61 Å². The number of epoxide rings is 1. The third-order valence-electron chi connectivity index (χ3n) is 1.38. The molecule has 0 aromatic rings. The first-order valence-corrected chi connectivity index (χ1v) is 3.70. The Morgan fingerprint density at radius 2 is 2.25 bits per heavy atom. The lowest BCUT2D eigenvalue weighted by Crippen LogP contribution is -1.93. The van der Waals surface area contributed by atoms with E-state index in [4.69, 9.17) is 10.2 Å². The molecule has 1 saturated heterocycles. The SMILES string of the molecule is CC=C(C)C(=O)O.OCC1CO1. The molecule has 12 heavy (non-hydrogen) atoms. The Bertz CT molecular complexity index is 170. The van der Waals surface area contributed by atoms with Crippen LogP contribution in [-0.4, -0.2) is 35.5 Å². The van der Waals surface area contributed by atoms with Gasteiger partial charge in [0.1, 0.15) is 6.10 Å². The van der Waals surface area contributed by atoms with E-state index in [9.17, 15) is 4.79 Å². The highest BCUT2D eigenvalue weighted by Gasteiger charge is 2.19. The summed E-state index contributed by atoms with van der Waals surface area (Å²) in [6.07, 6.45) is 1.75. The number of rotatable bonds is 2. The van der Waals surface area contributed by atoms with Crippen LogP contribution in [-0.2, 0) is 9.53 Å². The molecule has 0 radical (unpaired) electrons. The number of aliphatic hydroxyl groups is 1. The molecule has 0 amide bonds. The molecule has 1 heterocycles. The molecular formula is C8H14O4. The summed E-state index contributed by atoms with van der Waals surface area (Å²) in [6.45, 7) is 4.21. The third kappa shape index (κ3) is 5.88. The van der Waals surface area contributed by atoms with Crippen LogP contribution in [0.4, 0.5) is 0 Å². The number of carboxylic acid groups (broad SMARTS) is 1. The van der Waals surface area contributed by atoms with E-state index >= 15 is 0 Å². The highest BCUT2D eigenvalue weighted by atomic mass is 16.6. The summed E-state index contributed by atoms with van der Waals surface area (Å²) < 4.78 is 4.61. The highest BCUT2D eigenvalue weighted by Crippen LogP contribution is 2.04.